The number of hydrogen-bond acceptors (Lipinski definition) is 4. The van der Waals surface area contributed by atoms with E-state index in [1.807, 2.05) is 0 Å². The maximum Gasteiger partial charge on any atom is 0.244 e. The van der Waals surface area contributed by atoms with Crippen molar-refractivity contribution in [2.45, 2.75) is 36.7 Å². The van der Waals surface area contributed by atoms with Crippen LogP contribution in [0.4, 0.5) is 0 Å². The average molecular weight is 284 g/mol. The summed E-state index contributed by atoms with van der Waals surface area (Å²) in [6.07, 6.45) is 3.17. The van der Waals surface area contributed by atoms with Crippen molar-refractivity contribution in [1.29, 1.82) is 0 Å². The van der Waals surface area contributed by atoms with Crippen LogP contribution in [0.2, 0.25) is 0 Å². The molecule has 5 nitrogen and oxygen atoms in total. The molecule has 2 rings (SSSR count). The number of benzene rings is 1. The second-order valence-electron chi connectivity index (χ2n) is 4.71. The number of methoxy groups -OCH3 is 1. The average Bonchev–Trinajstić information content (AvgIpc) is 2.64. The van der Waals surface area contributed by atoms with Gasteiger partial charge in [-0.05, 0) is 37.1 Å². The summed E-state index contributed by atoms with van der Waals surface area (Å²) in [7, 11) is -1.96. The van der Waals surface area contributed by atoms with Crippen molar-refractivity contribution in [3.8, 4) is 5.75 Å². The second kappa shape index (κ2) is 5.90. The van der Waals surface area contributed by atoms with Crippen molar-refractivity contribution in [2.75, 3.05) is 13.7 Å². The van der Waals surface area contributed by atoms with E-state index >= 15 is 0 Å². The Bertz CT molecular complexity index is 513. The molecular weight excluding hydrogens is 264 g/mol. The van der Waals surface area contributed by atoms with Crippen LogP contribution in [0, 0.1) is 0 Å². The lowest BCUT2D eigenvalue weighted by Gasteiger charge is -2.26. The Kier molecular flexibility index (Phi) is 4.44. The fraction of sp³-hybridized carbons (Fsp3) is 0.538. The first-order chi connectivity index (χ1) is 9.05. The highest BCUT2D eigenvalue weighted by Gasteiger charge is 2.30. The molecule has 0 radical (unpaired) electrons. The number of ether oxygens (including phenoxy) is 1. The molecular formula is C13H20N2O3S. The minimum absolute atomic E-state index is 0.269. The van der Waals surface area contributed by atoms with Crippen LogP contribution >= 0.6 is 0 Å². The van der Waals surface area contributed by atoms with Crippen LogP contribution in [0.3, 0.4) is 0 Å². The van der Waals surface area contributed by atoms with E-state index < -0.39 is 16.2 Å². The van der Waals surface area contributed by atoms with E-state index in [1.54, 1.807) is 31.4 Å². The number of rotatable bonds is 3. The van der Waals surface area contributed by atoms with Crippen LogP contribution in [-0.4, -0.2) is 32.5 Å². The zero-order valence-corrected chi connectivity index (χ0v) is 11.9. The molecule has 1 aliphatic rings. The highest BCUT2D eigenvalue weighted by atomic mass is 32.2. The molecule has 1 fully saturated rings. The molecule has 0 bridgehead atoms. The predicted octanol–water partition coefficient (Wildman–Crippen LogP) is 1.54. The molecule has 1 aromatic rings. The first-order valence-corrected chi connectivity index (χ1v) is 7.91. The minimum atomic E-state index is -3.51. The van der Waals surface area contributed by atoms with E-state index in [2.05, 4.69) is 0 Å². The Morgan fingerprint density at radius 3 is 2.53 bits per heavy atom. The third-order valence-corrected chi connectivity index (χ3v) is 5.35. The molecule has 1 saturated heterocycles. The molecule has 1 unspecified atom stereocenters. The Labute approximate surface area is 114 Å². The molecule has 1 atom stereocenters. The Morgan fingerprint density at radius 2 is 1.89 bits per heavy atom. The van der Waals surface area contributed by atoms with Crippen molar-refractivity contribution in [2.24, 2.45) is 5.73 Å². The van der Waals surface area contributed by atoms with Gasteiger partial charge in [0.15, 0.2) is 0 Å². The maximum atomic E-state index is 12.6. The van der Waals surface area contributed by atoms with Gasteiger partial charge in [-0.1, -0.05) is 12.8 Å². The molecule has 0 saturated carbocycles. The van der Waals surface area contributed by atoms with Crippen LogP contribution in [0.15, 0.2) is 29.2 Å². The predicted molar refractivity (Wildman–Crippen MR) is 73.3 cm³/mol. The van der Waals surface area contributed by atoms with Gasteiger partial charge in [-0.3, -0.25) is 0 Å². The molecule has 1 aromatic carbocycles. The summed E-state index contributed by atoms with van der Waals surface area (Å²) >= 11 is 0. The lowest BCUT2D eigenvalue weighted by atomic mass is 10.2. The van der Waals surface area contributed by atoms with Gasteiger partial charge >= 0.3 is 0 Å². The first-order valence-electron chi connectivity index (χ1n) is 6.47. The van der Waals surface area contributed by atoms with E-state index in [0.29, 0.717) is 12.3 Å². The summed E-state index contributed by atoms with van der Waals surface area (Å²) in [6.45, 7) is 0.496. The lowest BCUT2D eigenvalue weighted by molar-refractivity contribution is 0.329. The molecule has 106 valence electrons. The normalized spacial score (nSPS) is 21.9. The summed E-state index contributed by atoms with van der Waals surface area (Å²) in [4.78, 5) is 0.269. The zero-order chi connectivity index (χ0) is 13.9. The molecule has 0 spiro atoms. The topological polar surface area (TPSA) is 72.6 Å². The third-order valence-electron chi connectivity index (χ3n) is 3.41. The third kappa shape index (κ3) is 3.08. The van der Waals surface area contributed by atoms with E-state index in [9.17, 15) is 8.42 Å². The highest BCUT2D eigenvalue weighted by Crippen LogP contribution is 2.24. The van der Waals surface area contributed by atoms with E-state index in [0.717, 1.165) is 25.7 Å². The van der Waals surface area contributed by atoms with Gasteiger partial charge in [0, 0.05) is 6.54 Å². The minimum Gasteiger partial charge on any atom is -0.497 e. The Morgan fingerprint density at radius 1 is 1.21 bits per heavy atom. The SMILES string of the molecule is COc1ccc(S(=O)(=O)N2CCCCCC2N)cc1. The Balaban J connectivity index is 2.29. The second-order valence-corrected chi connectivity index (χ2v) is 6.60. The van der Waals surface area contributed by atoms with E-state index in [-0.39, 0.29) is 4.90 Å². The maximum absolute atomic E-state index is 12.6. The number of sulfonamides is 1. The molecule has 19 heavy (non-hydrogen) atoms. The van der Waals surface area contributed by atoms with Gasteiger partial charge in [0.05, 0.1) is 18.2 Å². The van der Waals surface area contributed by atoms with Gasteiger partial charge in [0.2, 0.25) is 10.0 Å². The van der Waals surface area contributed by atoms with E-state index in [4.69, 9.17) is 10.5 Å². The summed E-state index contributed by atoms with van der Waals surface area (Å²) < 4.78 is 31.6. The van der Waals surface area contributed by atoms with Crippen LogP contribution in [0.1, 0.15) is 25.7 Å². The van der Waals surface area contributed by atoms with Crippen LogP contribution in [0.5, 0.6) is 5.75 Å². The van der Waals surface area contributed by atoms with Crippen molar-refractivity contribution in [3.63, 3.8) is 0 Å². The zero-order valence-electron chi connectivity index (χ0n) is 11.1. The fourth-order valence-electron chi connectivity index (χ4n) is 2.29. The van der Waals surface area contributed by atoms with Gasteiger partial charge < -0.3 is 10.5 Å². The molecule has 0 amide bonds. The summed E-state index contributed by atoms with van der Waals surface area (Å²) in [5.74, 6) is 0.638. The van der Waals surface area contributed by atoms with Gasteiger partial charge in [-0.15, -0.1) is 0 Å². The van der Waals surface area contributed by atoms with Crippen molar-refractivity contribution in [3.05, 3.63) is 24.3 Å². The molecule has 0 aromatic heterocycles. The van der Waals surface area contributed by atoms with Gasteiger partial charge in [0.1, 0.15) is 5.75 Å². The quantitative estimate of drug-likeness (QED) is 0.914. The van der Waals surface area contributed by atoms with Crippen LogP contribution in [-0.2, 0) is 10.0 Å². The summed E-state index contributed by atoms with van der Waals surface area (Å²) in [5, 5.41) is 0. The summed E-state index contributed by atoms with van der Waals surface area (Å²) in [5.41, 5.74) is 5.98. The molecule has 2 N–H and O–H groups in total. The van der Waals surface area contributed by atoms with Gasteiger partial charge in [-0.25, -0.2) is 8.42 Å². The summed E-state index contributed by atoms with van der Waals surface area (Å²) in [6, 6.07) is 6.42. The molecule has 0 aliphatic carbocycles. The van der Waals surface area contributed by atoms with Gasteiger partial charge in [0.25, 0.3) is 0 Å². The standard InChI is InChI=1S/C13H20N2O3S/c1-18-11-6-8-12(9-7-11)19(16,17)15-10-4-2-3-5-13(15)14/h6-9,13H,2-5,10,14H2,1H3. The van der Waals surface area contributed by atoms with Crippen LogP contribution < -0.4 is 10.5 Å². The smallest absolute Gasteiger partial charge is 0.244 e. The van der Waals surface area contributed by atoms with Gasteiger partial charge in [-0.2, -0.15) is 4.31 Å². The van der Waals surface area contributed by atoms with Crippen LogP contribution in [0.25, 0.3) is 0 Å². The molecule has 6 heteroatoms. The van der Waals surface area contributed by atoms with Crippen molar-refractivity contribution >= 4 is 10.0 Å². The Hall–Kier alpha value is -1.11. The number of hydrogen-bond donors (Lipinski definition) is 1. The molecule has 1 heterocycles. The monoisotopic (exact) mass is 284 g/mol. The fourth-order valence-corrected chi connectivity index (χ4v) is 3.87. The van der Waals surface area contributed by atoms with Crippen molar-refractivity contribution in [1.82, 2.24) is 4.31 Å². The molecule has 1 aliphatic heterocycles. The lowest BCUT2D eigenvalue weighted by Crippen LogP contribution is -2.45. The number of nitrogens with zero attached hydrogens (tertiary/aromatic N) is 1. The number of nitrogens with two attached hydrogens (primary N) is 1. The highest BCUT2D eigenvalue weighted by molar-refractivity contribution is 7.89. The van der Waals surface area contributed by atoms with E-state index in [1.165, 1.54) is 4.31 Å². The van der Waals surface area contributed by atoms with Crippen molar-refractivity contribution < 1.29 is 13.2 Å². The first kappa shape index (κ1) is 14.3. The largest absolute Gasteiger partial charge is 0.497 e.